The van der Waals surface area contributed by atoms with Gasteiger partial charge >= 0.3 is 5.97 Å². The van der Waals surface area contributed by atoms with E-state index in [1.54, 1.807) is 55.6 Å². The SMILES string of the molecule is CC(=O)c1ccc(NC(=O)COC(=O)CCc2nc3ccccc3c(=O)n2C)cc1. The Kier molecular flexibility index (Phi) is 6.36. The summed E-state index contributed by atoms with van der Waals surface area (Å²) >= 11 is 0. The predicted octanol–water partition coefficient (Wildman–Crippen LogP) is 2.25. The number of carbonyl (C=O) groups is 3. The normalized spacial score (nSPS) is 10.6. The van der Waals surface area contributed by atoms with Gasteiger partial charge < -0.3 is 10.1 Å². The number of hydrogen-bond acceptors (Lipinski definition) is 6. The van der Waals surface area contributed by atoms with Gasteiger partial charge in [-0.2, -0.15) is 0 Å². The number of para-hydroxylation sites is 1. The highest BCUT2D eigenvalue weighted by molar-refractivity contribution is 5.96. The van der Waals surface area contributed by atoms with Gasteiger partial charge in [0.05, 0.1) is 17.3 Å². The topological polar surface area (TPSA) is 107 Å². The number of esters is 1. The molecule has 1 amide bonds. The van der Waals surface area contributed by atoms with Crippen molar-refractivity contribution in [3.05, 3.63) is 70.3 Å². The molecule has 3 aromatic rings. The third-order valence-electron chi connectivity index (χ3n) is 4.57. The summed E-state index contributed by atoms with van der Waals surface area (Å²) in [6.07, 6.45) is 0.197. The zero-order valence-electron chi connectivity index (χ0n) is 16.7. The molecule has 154 valence electrons. The Bertz CT molecular complexity index is 1170. The lowest BCUT2D eigenvalue weighted by molar-refractivity contribution is -0.147. The number of aromatic nitrogens is 2. The number of nitrogens with one attached hydrogen (secondary N) is 1. The number of hydrogen-bond donors (Lipinski definition) is 1. The van der Waals surface area contributed by atoms with E-state index in [2.05, 4.69) is 10.3 Å². The van der Waals surface area contributed by atoms with Crippen molar-refractivity contribution in [2.24, 2.45) is 7.05 Å². The van der Waals surface area contributed by atoms with Crippen molar-refractivity contribution in [2.75, 3.05) is 11.9 Å². The minimum atomic E-state index is -0.570. The lowest BCUT2D eigenvalue weighted by Crippen LogP contribution is -2.24. The number of aryl methyl sites for hydroxylation is 1. The van der Waals surface area contributed by atoms with Gasteiger partial charge in [0.15, 0.2) is 12.4 Å². The fourth-order valence-electron chi connectivity index (χ4n) is 2.90. The molecule has 8 nitrogen and oxygen atoms in total. The standard InChI is InChI=1S/C22H21N3O5/c1-14(26)15-7-9-16(10-8-15)23-20(27)13-30-21(28)12-11-19-24-18-6-4-3-5-17(18)22(29)25(19)2/h3-10H,11-13H2,1-2H3,(H,23,27). The van der Waals surface area contributed by atoms with Crippen molar-refractivity contribution in [3.63, 3.8) is 0 Å². The fourth-order valence-corrected chi connectivity index (χ4v) is 2.90. The summed E-state index contributed by atoms with van der Waals surface area (Å²) < 4.78 is 6.41. The number of Topliss-reactive ketones (excluding diaryl/α,β-unsaturated/α-hetero) is 1. The van der Waals surface area contributed by atoms with Crippen molar-refractivity contribution < 1.29 is 19.1 Å². The number of amides is 1. The molecule has 1 N–H and O–H groups in total. The van der Waals surface area contributed by atoms with E-state index < -0.39 is 18.5 Å². The van der Waals surface area contributed by atoms with Crippen LogP contribution in [0.15, 0.2) is 53.3 Å². The molecule has 1 heterocycles. The Hall–Kier alpha value is -3.81. The number of benzene rings is 2. The molecule has 2 aromatic carbocycles. The maximum absolute atomic E-state index is 12.4. The molecular formula is C22H21N3O5. The highest BCUT2D eigenvalue weighted by Crippen LogP contribution is 2.11. The molecular weight excluding hydrogens is 386 g/mol. The summed E-state index contributed by atoms with van der Waals surface area (Å²) in [4.78, 5) is 52.0. The molecule has 8 heteroatoms. The van der Waals surface area contributed by atoms with E-state index in [0.29, 0.717) is 28.0 Å². The molecule has 0 radical (unpaired) electrons. The van der Waals surface area contributed by atoms with Crippen molar-refractivity contribution >= 4 is 34.3 Å². The van der Waals surface area contributed by atoms with Gasteiger partial charge in [0, 0.05) is 24.7 Å². The van der Waals surface area contributed by atoms with Gasteiger partial charge in [-0.05, 0) is 43.3 Å². The first-order valence-corrected chi connectivity index (χ1v) is 9.36. The first-order valence-electron chi connectivity index (χ1n) is 9.36. The number of carbonyl (C=O) groups excluding carboxylic acids is 3. The van der Waals surface area contributed by atoms with Crippen LogP contribution in [0.4, 0.5) is 5.69 Å². The van der Waals surface area contributed by atoms with Gasteiger partial charge in [0.25, 0.3) is 11.5 Å². The molecule has 0 saturated carbocycles. The Morgan fingerprint density at radius 3 is 2.47 bits per heavy atom. The van der Waals surface area contributed by atoms with E-state index in [1.165, 1.54) is 11.5 Å². The third-order valence-corrected chi connectivity index (χ3v) is 4.57. The molecule has 0 saturated heterocycles. The summed E-state index contributed by atoms with van der Waals surface area (Å²) in [5, 5.41) is 3.10. The Labute approximate surface area is 172 Å². The highest BCUT2D eigenvalue weighted by Gasteiger charge is 2.12. The molecule has 0 bridgehead atoms. The van der Waals surface area contributed by atoms with E-state index in [4.69, 9.17) is 4.74 Å². The Morgan fingerprint density at radius 2 is 1.77 bits per heavy atom. The van der Waals surface area contributed by atoms with Gasteiger partial charge in [-0.3, -0.25) is 23.7 Å². The first-order chi connectivity index (χ1) is 14.3. The molecule has 0 atom stereocenters. The van der Waals surface area contributed by atoms with E-state index >= 15 is 0 Å². The minimum Gasteiger partial charge on any atom is -0.456 e. The van der Waals surface area contributed by atoms with E-state index in [9.17, 15) is 19.2 Å². The van der Waals surface area contributed by atoms with Crippen LogP contribution in [0.25, 0.3) is 10.9 Å². The second-order valence-electron chi connectivity index (χ2n) is 6.75. The number of anilines is 1. The van der Waals surface area contributed by atoms with Crippen LogP contribution in [0, 0.1) is 0 Å². The maximum Gasteiger partial charge on any atom is 0.306 e. The Balaban J connectivity index is 1.52. The average Bonchev–Trinajstić information content (AvgIpc) is 2.74. The van der Waals surface area contributed by atoms with Crippen molar-refractivity contribution in [2.45, 2.75) is 19.8 Å². The Morgan fingerprint density at radius 1 is 1.07 bits per heavy atom. The van der Waals surface area contributed by atoms with Gasteiger partial charge in [0.1, 0.15) is 5.82 Å². The van der Waals surface area contributed by atoms with Crippen LogP contribution < -0.4 is 10.9 Å². The zero-order valence-corrected chi connectivity index (χ0v) is 16.7. The van der Waals surface area contributed by atoms with E-state index in [1.807, 2.05) is 0 Å². The zero-order chi connectivity index (χ0) is 21.7. The second-order valence-corrected chi connectivity index (χ2v) is 6.75. The largest absolute Gasteiger partial charge is 0.456 e. The average molecular weight is 407 g/mol. The lowest BCUT2D eigenvalue weighted by Gasteiger charge is -2.09. The van der Waals surface area contributed by atoms with Gasteiger partial charge in [-0.15, -0.1) is 0 Å². The summed E-state index contributed by atoms with van der Waals surface area (Å²) in [7, 11) is 1.60. The van der Waals surface area contributed by atoms with Crippen molar-refractivity contribution in [3.8, 4) is 0 Å². The molecule has 0 fully saturated rings. The summed E-state index contributed by atoms with van der Waals surface area (Å²) in [5.41, 5.74) is 1.42. The molecule has 0 aliphatic rings. The van der Waals surface area contributed by atoms with E-state index in [-0.39, 0.29) is 24.2 Å². The van der Waals surface area contributed by atoms with Gasteiger partial charge in [0.2, 0.25) is 0 Å². The number of nitrogens with zero attached hydrogens (tertiary/aromatic N) is 2. The van der Waals surface area contributed by atoms with Crippen LogP contribution in [0.2, 0.25) is 0 Å². The molecule has 0 aliphatic carbocycles. The summed E-state index contributed by atoms with van der Waals surface area (Å²) in [6, 6.07) is 13.4. The maximum atomic E-state index is 12.4. The molecule has 1 aromatic heterocycles. The number of fused-ring (bicyclic) bond motifs is 1. The number of ketones is 1. The summed E-state index contributed by atoms with van der Waals surface area (Å²) in [5.74, 6) is -0.666. The fraction of sp³-hybridized carbons (Fsp3) is 0.227. The van der Waals surface area contributed by atoms with Crippen LogP contribution in [0.3, 0.4) is 0 Å². The van der Waals surface area contributed by atoms with Crippen LogP contribution in [0.1, 0.15) is 29.5 Å². The minimum absolute atomic E-state index is 0.0147. The molecule has 3 rings (SSSR count). The number of ether oxygens (including phenoxy) is 1. The number of rotatable bonds is 7. The van der Waals surface area contributed by atoms with Crippen LogP contribution in [-0.2, 0) is 27.8 Å². The first kappa shape index (κ1) is 20.9. The van der Waals surface area contributed by atoms with Crippen LogP contribution >= 0.6 is 0 Å². The molecule has 30 heavy (non-hydrogen) atoms. The van der Waals surface area contributed by atoms with Crippen molar-refractivity contribution in [1.29, 1.82) is 0 Å². The molecule has 0 aliphatic heterocycles. The van der Waals surface area contributed by atoms with Gasteiger partial charge in [-0.25, -0.2) is 4.98 Å². The third kappa shape index (κ3) is 4.96. The predicted molar refractivity (Wildman–Crippen MR) is 111 cm³/mol. The quantitative estimate of drug-likeness (QED) is 0.475. The van der Waals surface area contributed by atoms with Crippen molar-refractivity contribution in [1.82, 2.24) is 9.55 Å². The smallest absolute Gasteiger partial charge is 0.306 e. The van der Waals surface area contributed by atoms with Gasteiger partial charge in [-0.1, -0.05) is 12.1 Å². The lowest BCUT2D eigenvalue weighted by atomic mass is 10.1. The molecule has 0 spiro atoms. The van der Waals surface area contributed by atoms with Crippen LogP contribution in [-0.4, -0.2) is 33.8 Å². The van der Waals surface area contributed by atoms with E-state index in [0.717, 1.165) is 0 Å². The van der Waals surface area contributed by atoms with Crippen LogP contribution in [0.5, 0.6) is 0 Å². The second kappa shape index (κ2) is 9.13. The molecule has 0 unspecified atom stereocenters. The summed E-state index contributed by atoms with van der Waals surface area (Å²) in [6.45, 7) is 1.02. The monoisotopic (exact) mass is 407 g/mol. The highest BCUT2D eigenvalue weighted by atomic mass is 16.5.